The Morgan fingerprint density at radius 2 is 2.04 bits per heavy atom. The molecular weight excluding hydrogens is 383 g/mol. The largest absolute Gasteiger partial charge is 0.480 e. The number of ether oxygens (including phenoxy) is 2. The molecule has 2 rings (SSSR count). The van der Waals surface area contributed by atoms with Crippen LogP contribution >= 0.6 is 15.9 Å². The van der Waals surface area contributed by atoms with Gasteiger partial charge in [-0.05, 0) is 53.9 Å². The van der Waals surface area contributed by atoms with Crippen LogP contribution in [-0.4, -0.2) is 49.2 Å². The molecule has 0 spiro atoms. The van der Waals surface area contributed by atoms with Crippen molar-refractivity contribution >= 4 is 27.9 Å². The molecule has 1 unspecified atom stereocenters. The molecule has 1 N–H and O–H groups in total. The molecule has 1 aromatic rings. The van der Waals surface area contributed by atoms with E-state index in [1.807, 2.05) is 0 Å². The van der Waals surface area contributed by atoms with Gasteiger partial charge < -0.3 is 19.7 Å². The fourth-order valence-electron chi connectivity index (χ4n) is 2.47. The van der Waals surface area contributed by atoms with Gasteiger partial charge in [0.15, 0.2) is 6.10 Å². The van der Waals surface area contributed by atoms with E-state index in [1.165, 1.54) is 25.3 Å². The van der Waals surface area contributed by atoms with Crippen LogP contribution in [0.4, 0.5) is 9.18 Å². The SMILES string of the molecule is COC(=O)N1CCC(NC(=O)C(C)Oc2ccc(F)cc2Br)CC1. The number of amides is 2. The summed E-state index contributed by atoms with van der Waals surface area (Å²) in [4.78, 5) is 25.3. The van der Waals surface area contributed by atoms with Crippen LogP contribution in [0.3, 0.4) is 0 Å². The minimum Gasteiger partial charge on any atom is -0.480 e. The van der Waals surface area contributed by atoms with E-state index in [1.54, 1.807) is 11.8 Å². The maximum atomic E-state index is 13.1. The number of likely N-dealkylation sites (tertiary alicyclic amines) is 1. The molecule has 1 saturated heterocycles. The Hall–Kier alpha value is -1.83. The highest BCUT2D eigenvalue weighted by Crippen LogP contribution is 2.26. The van der Waals surface area contributed by atoms with Crippen LogP contribution in [0.1, 0.15) is 19.8 Å². The third-order valence-electron chi connectivity index (χ3n) is 3.84. The molecule has 132 valence electrons. The molecule has 1 aliphatic rings. The lowest BCUT2D eigenvalue weighted by atomic mass is 10.1. The number of nitrogens with one attached hydrogen (secondary N) is 1. The monoisotopic (exact) mass is 402 g/mol. The minimum absolute atomic E-state index is 0.0129. The second kappa shape index (κ2) is 8.32. The van der Waals surface area contributed by atoms with Crippen molar-refractivity contribution < 1.29 is 23.5 Å². The zero-order chi connectivity index (χ0) is 17.7. The van der Waals surface area contributed by atoms with Gasteiger partial charge in [-0.25, -0.2) is 9.18 Å². The van der Waals surface area contributed by atoms with Crippen LogP contribution < -0.4 is 10.1 Å². The zero-order valence-electron chi connectivity index (χ0n) is 13.6. The van der Waals surface area contributed by atoms with Crippen molar-refractivity contribution in [3.8, 4) is 5.75 Å². The van der Waals surface area contributed by atoms with Crippen molar-refractivity contribution in [2.24, 2.45) is 0 Å². The fourth-order valence-corrected chi connectivity index (χ4v) is 2.91. The van der Waals surface area contributed by atoms with Gasteiger partial charge in [0.2, 0.25) is 0 Å². The number of rotatable bonds is 4. The highest BCUT2D eigenvalue weighted by Gasteiger charge is 2.26. The predicted molar refractivity (Wildman–Crippen MR) is 89.3 cm³/mol. The molecule has 1 fully saturated rings. The summed E-state index contributed by atoms with van der Waals surface area (Å²) in [5.41, 5.74) is 0. The van der Waals surface area contributed by atoms with Gasteiger partial charge in [0.1, 0.15) is 11.6 Å². The molecule has 1 aliphatic heterocycles. The van der Waals surface area contributed by atoms with Gasteiger partial charge >= 0.3 is 6.09 Å². The first kappa shape index (κ1) is 18.5. The molecule has 2 amide bonds. The lowest BCUT2D eigenvalue weighted by molar-refractivity contribution is -0.128. The minimum atomic E-state index is -0.717. The summed E-state index contributed by atoms with van der Waals surface area (Å²) in [6, 6.07) is 4.01. The summed E-state index contributed by atoms with van der Waals surface area (Å²) in [5, 5.41) is 2.92. The third-order valence-corrected chi connectivity index (χ3v) is 4.46. The van der Waals surface area contributed by atoms with E-state index in [0.717, 1.165) is 0 Å². The van der Waals surface area contributed by atoms with Crippen LogP contribution in [-0.2, 0) is 9.53 Å². The lowest BCUT2D eigenvalue weighted by Gasteiger charge is -2.31. The van der Waals surface area contributed by atoms with Gasteiger partial charge in [0, 0.05) is 19.1 Å². The maximum Gasteiger partial charge on any atom is 0.409 e. The quantitative estimate of drug-likeness (QED) is 0.840. The lowest BCUT2D eigenvalue weighted by Crippen LogP contribution is -2.49. The first-order valence-corrected chi connectivity index (χ1v) is 8.45. The number of nitrogens with zero attached hydrogens (tertiary/aromatic N) is 1. The van der Waals surface area contributed by atoms with Crippen LogP contribution in [0.5, 0.6) is 5.75 Å². The Labute approximate surface area is 148 Å². The van der Waals surface area contributed by atoms with E-state index < -0.39 is 6.10 Å². The van der Waals surface area contributed by atoms with E-state index >= 15 is 0 Å². The van der Waals surface area contributed by atoms with Crippen molar-refractivity contribution in [1.29, 1.82) is 0 Å². The molecule has 1 atom stereocenters. The molecule has 0 bridgehead atoms. The zero-order valence-corrected chi connectivity index (χ0v) is 15.1. The number of methoxy groups -OCH3 is 1. The smallest absolute Gasteiger partial charge is 0.409 e. The van der Waals surface area contributed by atoms with Crippen molar-refractivity contribution in [3.05, 3.63) is 28.5 Å². The highest BCUT2D eigenvalue weighted by atomic mass is 79.9. The Balaban J connectivity index is 1.83. The fraction of sp³-hybridized carbons (Fsp3) is 0.500. The van der Waals surface area contributed by atoms with Gasteiger partial charge in [0.05, 0.1) is 11.6 Å². The number of benzene rings is 1. The number of carbonyl (C=O) groups excluding carboxylic acids is 2. The second-order valence-electron chi connectivity index (χ2n) is 5.57. The molecule has 0 aromatic heterocycles. The highest BCUT2D eigenvalue weighted by molar-refractivity contribution is 9.10. The van der Waals surface area contributed by atoms with Gasteiger partial charge in [-0.2, -0.15) is 0 Å². The van der Waals surface area contributed by atoms with Crippen LogP contribution in [0.2, 0.25) is 0 Å². The predicted octanol–water partition coefficient (Wildman–Crippen LogP) is 2.70. The Kier molecular flexibility index (Phi) is 6.42. The number of halogens is 2. The molecule has 0 radical (unpaired) electrons. The van der Waals surface area contributed by atoms with E-state index in [9.17, 15) is 14.0 Å². The summed E-state index contributed by atoms with van der Waals surface area (Å²) in [6.45, 7) is 2.71. The maximum absolute atomic E-state index is 13.1. The van der Waals surface area contributed by atoms with E-state index in [2.05, 4.69) is 26.0 Å². The third kappa shape index (κ3) is 4.83. The first-order chi connectivity index (χ1) is 11.4. The average molecular weight is 403 g/mol. The van der Waals surface area contributed by atoms with Gasteiger partial charge in [-0.15, -0.1) is 0 Å². The summed E-state index contributed by atoms with van der Waals surface area (Å²) in [5.74, 6) is -0.231. The van der Waals surface area contributed by atoms with Crippen LogP contribution in [0.15, 0.2) is 22.7 Å². The topological polar surface area (TPSA) is 67.9 Å². The molecule has 0 saturated carbocycles. The van der Waals surface area contributed by atoms with Gasteiger partial charge in [0.25, 0.3) is 5.91 Å². The second-order valence-corrected chi connectivity index (χ2v) is 6.43. The molecular formula is C16H20BrFN2O4. The number of hydrogen-bond donors (Lipinski definition) is 1. The summed E-state index contributed by atoms with van der Waals surface area (Å²) >= 11 is 3.20. The standard InChI is InChI=1S/C16H20BrFN2O4/c1-10(24-14-4-3-11(18)9-13(14)17)15(21)19-12-5-7-20(8-6-12)16(22)23-2/h3-4,9-10,12H,5-8H2,1-2H3,(H,19,21). The average Bonchev–Trinajstić information content (AvgIpc) is 2.57. The Morgan fingerprint density at radius 1 is 1.38 bits per heavy atom. The number of hydrogen-bond acceptors (Lipinski definition) is 4. The van der Waals surface area contributed by atoms with E-state index in [-0.39, 0.29) is 23.9 Å². The van der Waals surface area contributed by atoms with E-state index in [0.29, 0.717) is 36.2 Å². The first-order valence-electron chi connectivity index (χ1n) is 7.65. The van der Waals surface area contributed by atoms with Crippen LogP contribution in [0, 0.1) is 5.82 Å². The molecule has 1 heterocycles. The van der Waals surface area contributed by atoms with Gasteiger partial charge in [-0.1, -0.05) is 0 Å². The van der Waals surface area contributed by atoms with Gasteiger partial charge in [-0.3, -0.25) is 4.79 Å². The van der Waals surface area contributed by atoms with Crippen molar-refractivity contribution in [2.75, 3.05) is 20.2 Å². The van der Waals surface area contributed by atoms with Crippen LogP contribution in [0.25, 0.3) is 0 Å². The van der Waals surface area contributed by atoms with Crippen molar-refractivity contribution in [2.45, 2.75) is 31.9 Å². The Morgan fingerprint density at radius 3 is 2.62 bits per heavy atom. The van der Waals surface area contributed by atoms with Crippen molar-refractivity contribution in [3.63, 3.8) is 0 Å². The molecule has 6 nitrogen and oxygen atoms in total. The molecule has 1 aromatic carbocycles. The summed E-state index contributed by atoms with van der Waals surface area (Å²) < 4.78 is 23.8. The van der Waals surface area contributed by atoms with E-state index in [4.69, 9.17) is 4.74 Å². The normalized spacial score (nSPS) is 16.4. The number of carbonyl (C=O) groups is 2. The number of piperidine rings is 1. The summed E-state index contributed by atoms with van der Waals surface area (Å²) in [7, 11) is 1.35. The Bertz CT molecular complexity index is 606. The molecule has 8 heteroatoms. The molecule has 24 heavy (non-hydrogen) atoms. The van der Waals surface area contributed by atoms with Crippen molar-refractivity contribution in [1.82, 2.24) is 10.2 Å². The summed E-state index contributed by atoms with van der Waals surface area (Å²) in [6.07, 6.45) is 0.254. The molecule has 0 aliphatic carbocycles.